The van der Waals surface area contributed by atoms with E-state index in [0.717, 1.165) is 18.4 Å². The fourth-order valence-corrected chi connectivity index (χ4v) is 5.12. The molecule has 0 unspecified atom stereocenters. The van der Waals surface area contributed by atoms with Gasteiger partial charge in [0.05, 0.1) is 6.42 Å². The van der Waals surface area contributed by atoms with Crippen molar-refractivity contribution in [3.63, 3.8) is 0 Å². The van der Waals surface area contributed by atoms with Crippen LogP contribution in [0.2, 0.25) is 5.02 Å². The molecule has 1 amide bonds. The molecule has 8 heteroatoms. The Hall–Kier alpha value is -1.15. The van der Waals surface area contributed by atoms with Gasteiger partial charge in [-0.1, -0.05) is 23.7 Å². The fraction of sp³-hybridized carbons (Fsp3) is 0.588. The quantitative estimate of drug-likeness (QED) is 0.791. The maximum Gasteiger partial charge on any atom is 0.281 e. The zero-order chi connectivity index (χ0) is 18.2. The summed E-state index contributed by atoms with van der Waals surface area (Å²) in [6.07, 6.45) is 2.11. The summed E-state index contributed by atoms with van der Waals surface area (Å²) in [7, 11) is -0.360. The molecular formula is C17H24ClN3O3S. The van der Waals surface area contributed by atoms with Crippen LogP contribution < -0.4 is 0 Å². The lowest BCUT2D eigenvalue weighted by Gasteiger charge is -2.36. The third-order valence-electron chi connectivity index (χ3n) is 5.03. The Morgan fingerprint density at radius 1 is 1.24 bits per heavy atom. The van der Waals surface area contributed by atoms with Gasteiger partial charge in [-0.3, -0.25) is 4.79 Å². The number of carbonyl (C=O) groups excluding carboxylic acids is 1. The minimum atomic E-state index is -3.45. The van der Waals surface area contributed by atoms with Crippen LogP contribution in [-0.4, -0.2) is 67.6 Å². The zero-order valence-electron chi connectivity index (χ0n) is 14.6. The van der Waals surface area contributed by atoms with Crippen LogP contribution in [0.3, 0.4) is 0 Å². The summed E-state index contributed by atoms with van der Waals surface area (Å²) >= 11 is 6.00. The normalized spacial score (nSPS) is 24.6. The third-order valence-corrected chi connectivity index (χ3v) is 7.14. The topological polar surface area (TPSA) is 60.9 Å². The van der Waals surface area contributed by atoms with Crippen LogP contribution in [0.4, 0.5) is 0 Å². The highest BCUT2D eigenvalue weighted by atomic mass is 35.5. The summed E-state index contributed by atoms with van der Waals surface area (Å²) < 4.78 is 27.8. The highest BCUT2D eigenvalue weighted by molar-refractivity contribution is 7.86. The lowest BCUT2D eigenvalue weighted by molar-refractivity contribution is -0.134. The van der Waals surface area contributed by atoms with Crippen molar-refractivity contribution in [3.05, 3.63) is 34.9 Å². The number of benzene rings is 1. The average Bonchev–Trinajstić information content (AvgIpc) is 2.87. The van der Waals surface area contributed by atoms with E-state index in [1.807, 2.05) is 17.0 Å². The first-order valence-electron chi connectivity index (χ1n) is 8.49. The first-order chi connectivity index (χ1) is 11.8. The Morgan fingerprint density at radius 3 is 2.68 bits per heavy atom. The molecule has 2 bridgehead atoms. The Balaban J connectivity index is 1.75. The lowest BCUT2D eigenvalue weighted by Crippen LogP contribution is -2.49. The maximum absolute atomic E-state index is 12.8. The molecule has 1 aromatic carbocycles. The Kier molecular flexibility index (Phi) is 5.39. The largest absolute Gasteiger partial charge is 0.338 e. The predicted molar refractivity (Wildman–Crippen MR) is 97.6 cm³/mol. The summed E-state index contributed by atoms with van der Waals surface area (Å²) in [5.74, 6) is 0.234. The van der Waals surface area contributed by atoms with Crippen molar-refractivity contribution in [2.24, 2.45) is 5.92 Å². The molecule has 1 aromatic rings. The van der Waals surface area contributed by atoms with Crippen LogP contribution in [0.5, 0.6) is 0 Å². The molecule has 2 atom stereocenters. The van der Waals surface area contributed by atoms with Gasteiger partial charge in [0, 0.05) is 44.8 Å². The van der Waals surface area contributed by atoms with Gasteiger partial charge in [-0.25, -0.2) is 0 Å². The summed E-state index contributed by atoms with van der Waals surface area (Å²) in [4.78, 5) is 14.7. The van der Waals surface area contributed by atoms with E-state index < -0.39 is 10.2 Å². The SMILES string of the molecule is CN(C)S(=O)(=O)N1C[C@H]2CC[C@@H](C1)N(C(=O)Cc1cccc(Cl)c1)C2. The van der Waals surface area contributed by atoms with Crippen LogP contribution in [-0.2, 0) is 21.4 Å². The van der Waals surface area contributed by atoms with Crippen molar-refractivity contribution in [2.45, 2.75) is 25.3 Å². The first-order valence-corrected chi connectivity index (χ1v) is 10.3. The fourth-order valence-electron chi connectivity index (χ4n) is 3.69. The lowest BCUT2D eigenvalue weighted by atomic mass is 9.94. The van der Waals surface area contributed by atoms with E-state index in [2.05, 4.69) is 0 Å². The van der Waals surface area contributed by atoms with Crippen molar-refractivity contribution in [1.82, 2.24) is 13.5 Å². The average molecular weight is 386 g/mol. The molecule has 3 fully saturated rings. The summed E-state index contributed by atoms with van der Waals surface area (Å²) in [5, 5.41) is 0.617. The molecule has 3 saturated heterocycles. The van der Waals surface area contributed by atoms with Crippen molar-refractivity contribution < 1.29 is 13.2 Å². The van der Waals surface area contributed by atoms with Gasteiger partial charge in [0.15, 0.2) is 0 Å². The number of hydrogen-bond donors (Lipinski definition) is 0. The molecule has 3 aliphatic heterocycles. The van der Waals surface area contributed by atoms with Gasteiger partial charge in [0.1, 0.15) is 0 Å². The first kappa shape index (κ1) is 18.6. The van der Waals surface area contributed by atoms with E-state index in [1.54, 1.807) is 26.2 Å². The van der Waals surface area contributed by atoms with Gasteiger partial charge in [-0.2, -0.15) is 17.0 Å². The van der Waals surface area contributed by atoms with Gasteiger partial charge in [0.2, 0.25) is 5.91 Å². The number of halogens is 1. The second-order valence-corrected chi connectivity index (χ2v) is 9.64. The molecule has 0 spiro atoms. The van der Waals surface area contributed by atoms with Crippen molar-refractivity contribution in [3.8, 4) is 0 Å². The molecule has 3 aliphatic rings. The molecule has 138 valence electrons. The van der Waals surface area contributed by atoms with E-state index in [-0.39, 0.29) is 17.9 Å². The van der Waals surface area contributed by atoms with E-state index in [4.69, 9.17) is 11.6 Å². The van der Waals surface area contributed by atoms with Crippen LogP contribution in [0.15, 0.2) is 24.3 Å². The van der Waals surface area contributed by atoms with Crippen molar-refractivity contribution in [1.29, 1.82) is 0 Å². The summed E-state index contributed by atoms with van der Waals surface area (Å²) in [6.45, 7) is 1.49. The van der Waals surface area contributed by atoms with E-state index in [0.29, 0.717) is 31.1 Å². The highest BCUT2D eigenvalue weighted by Crippen LogP contribution is 2.30. The number of fused-ring (bicyclic) bond motifs is 4. The molecule has 3 heterocycles. The van der Waals surface area contributed by atoms with Crippen molar-refractivity contribution in [2.75, 3.05) is 33.7 Å². The van der Waals surface area contributed by atoms with Crippen LogP contribution in [0, 0.1) is 5.92 Å². The molecule has 4 rings (SSSR count). The summed E-state index contributed by atoms with van der Waals surface area (Å²) in [6, 6.07) is 7.26. The molecular weight excluding hydrogens is 362 g/mol. The van der Waals surface area contributed by atoms with Gasteiger partial charge in [-0.05, 0) is 36.5 Å². The Bertz CT molecular complexity index is 753. The standard InChI is InChI=1S/C17H24ClN3O3S/c1-19(2)25(23,24)20-10-14-6-7-16(12-20)21(11-14)17(22)9-13-4-3-5-15(18)8-13/h3-5,8,14,16H,6-7,9-12H2,1-2H3/t14-,16+/m1/s1. The summed E-state index contributed by atoms with van der Waals surface area (Å²) in [5.41, 5.74) is 0.885. The molecule has 6 nitrogen and oxygen atoms in total. The van der Waals surface area contributed by atoms with E-state index in [9.17, 15) is 13.2 Å². The Morgan fingerprint density at radius 2 is 2.00 bits per heavy atom. The molecule has 0 radical (unpaired) electrons. The third kappa shape index (κ3) is 4.00. The predicted octanol–water partition coefficient (Wildman–Crippen LogP) is 1.61. The second kappa shape index (κ2) is 7.23. The molecule has 0 aromatic heterocycles. The van der Waals surface area contributed by atoms with Gasteiger partial charge in [0.25, 0.3) is 10.2 Å². The number of amides is 1. The molecule has 0 aliphatic carbocycles. The monoisotopic (exact) mass is 385 g/mol. The Labute approximate surface area is 154 Å². The maximum atomic E-state index is 12.8. The highest BCUT2D eigenvalue weighted by Gasteiger charge is 2.41. The number of hydrogen-bond acceptors (Lipinski definition) is 3. The number of piperidine rings is 1. The van der Waals surface area contributed by atoms with Crippen LogP contribution >= 0.6 is 11.6 Å². The number of carbonyl (C=O) groups is 1. The second-order valence-electron chi connectivity index (χ2n) is 7.06. The smallest absolute Gasteiger partial charge is 0.281 e. The molecule has 25 heavy (non-hydrogen) atoms. The molecule has 0 N–H and O–H groups in total. The minimum Gasteiger partial charge on any atom is -0.338 e. The minimum absolute atomic E-state index is 0.0427. The van der Waals surface area contributed by atoms with Crippen molar-refractivity contribution >= 4 is 27.7 Å². The van der Waals surface area contributed by atoms with Gasteiger partial charge < -0.3 is 4.90 Å². The van der Waals surface area contributed by atoms with Gasteiger partial charge in [-0.15, -0.1) is 0 Å². The zero-order valence-corrected chi connectivity index (χ0v) is 16.1. The van der Waals surface area contributed by atoms with Crippen LogP contribution in [0.1, 0.15) is 18.4 Å². The van der Waals surface area contributed by atoms with E-state index in [1.165, 1.54) is 8.61 Å². The number of nitrogens with zero attached hydrogens (tertiary/aromatic N) is 3. The van der Waals surface area contributed by atoms with E-state index >= 15 is 0 Å². The van der Waals surface area contributed by atoms with Gasteiger partial charge >= 0.3 is 0 Å². The van der Waals surface area contributed by atoms with Crippen LogP contribution in [0.25, 0.3) is 0 Å². The molecule has 0 saturated carbocycles. The number of rotatable bonds is 4.